The van der Waals surface area contributed by atoms with Crippen LogP contribution in [-0.4, -0.2) is 81.5 Å². The number of morpholine rings is 1. The SMILES string of the molecule is CCNC(=NCC(c1ccc(OC)c(OC)c1)N1CCOCC1)N1CC(C)(C)C1(C)C.I. The van der Waals surface area contributed by atoms with Crippen LogP contribution in [0.2, 0.25) is 0 Å². The maximum atomic E-state index is 5.60. The molecule has 1 N–H and O–H groups in total. The van der Waals surface area contributed by atoms with Gasteiger partial charge in [0, 0.05) is 37.1 Å². The Bertz CT molecular complexity index is 779. The lowest BCUT2D eigenvalue weighted by atomic mass is 9.65. The van der Waals surface area contributed by atoms with E-state index in [1.54, 1.807) is 14.2 Å². The Balaban J connectivity index is 0.00000363. The van der Waals surface area contributed by atoms with Crippen molar-refractivity contribution in [1.29, 1.82) is 0 Å². The molecule has 1 aromatic rings. The largest absolute Gasteiger partial charge is 0.493 e. The van der Waals surface area contributed by atoms with Crippen LogP contribution in [-0.2, 0) is 4.74 Å². The minimum atomic E-state index is 0. The molecule has 0 saturated carbocycles. The first-order valence-corrected chi connectivity index (χ1v) is 11.3. The van der Waals surface area contributed by atoms with Gasteiger partial charge in [-0.05, 0) is 38.5 Å². The molecule has 182 valence electrons. The number of halogens is 1. The number of hydrogen-bond donors (Lipinski definition) is 1. The summed E-state index contributed by atoms with van der Waals surface area (Å²) in [5, 5.41) is 3.52. The number of ether oxygens (including phenoxy) is 3. The van der Waals surface area contributed by atoms with Crippen molar-refractivity contribution in [2.45, 2.75) is 46.2 Å². The predicted molar refractivity (Wildman–Crippen MR) is 141 cm³/mol. The van der Waals surface area contributed by atoms with Crippen molar-refractivity contribution in [3.8, 4) is 11.5 Å². The monoisotopic (exact) mass is 560 g/mol. The van der Waals surface area contributed by atoms with Gasteiger partial charge in [-0.1, -0.05) is 19.9 Å². The van der Waals surface area contributed by atoms with E-state index in [0.29, 0.717) is 6.54 Å². The number of hydrogen-bond acceptors (Lipinski definition) is 5. The molecule has 0 aliphatic carbocycles. The Morgan fingerprint density at radius 3 is 2.31 bits per heavy atom. The lowest BCUT2D eigenvalue weighted by Gasteiger charge is -2.62. The van der Waals surface area contributed by atoms with Crippen molar-refractivity contribution in [2.24, 2.45) is 10.4 Å². The number of nitrogens with zero attached hydrogens (tertiary/aromatic N) is 3. The van der Waals surface area contributed by atoms with Crippen molar-refractivity contribution in [3.63, 3.8) is 0 Å². The van der Waals surface area contributed by atoms with Crippen LogP contribution in [0.4, 0.5) is 0 Å². The molecule has 2 aliphatic rings. The molecule has 32 heavy (non-hydrogen) atoms. The summed E-state index contributed by atoms with van der Waals surface area (Å²) in [6.45, 7) is 17.2. The lowest BCUT2D eigenvalue weighted by Crippen LogP contribution is -2.72. The van der Waals surface area contributed by atoms with E-state index < -0.39 is 0 Å². The number of guanidine groups is 1. The quantitative estimate of drug-likeness (QED) is 0.311. The molecule has 2 fully saturated rings. The highest BCUT2D eigenvalue weighted by Crippen LogP contribution is 2.46. The highest BCUT2D eigenvalue weighted by molar-refractivity contribution is 14.0. The number of nitrogens with one attached hydrogen (secondary N) is 1. The minimum absolute atomic E-state index is 0. The zero-order valence-electron chi connectivity index (χ0n) is 20.7. The highest BCUT2D eigenvalue weighted by atomic mass is 127. The summed E-state index contributed by atoms with van der Waals surface area (Å²) in [6, 6.07) is 6.34. The Kier molecular flexibility index (Phi) is 9.48. The van der Waals surface area contributed by atoms with Gasteiger partial charge in [0.2, 0.25) is 0 Å². The first-order chi connectivity index (χ1) is 14.7. The Morgan fingerprint density at radius 2 is 1.78 bits per heavy atom. The molecule has 2 aliphatic heterocycles. The van der Waals surface area contributed by atoms with Gasteiger partial charge in [-0.15, -0.1) is 24.0 Å². The van der Waals surface area contributed by atoms with Gasteiger partial charge in [0.15, 0.2) is 17.5 Å². The summed E-state index contributed by atoms with van der Waals surface area (Å²) < 4.78 is 16.6. The third kappa shape index (κ3) is 5.44. The molecule has 0 amide bonds. The average Bonchev–Trinajstić information content (AvgIpc) is 2.77. The van der Waals surface area contributed by atoms with Crippen molar-refractivity contribution >= 4 is 29.9 Å². The fraction of sp³-hybridized carbons (Fsp3) is 0.708. The Morgan fingerprint density at radius 1 is 1.12 bits per heavy atom. The molecule has 0 bridgehead atoms. The summed E-state index contributed by atoms with van der Waals surface area (Å²) in [5.74, 6) is 2.48. The molecule has 2 saturated heterocycles. The van der Waals surface area contributed by atoms with Gasteiger partial charge >= 0.3 is 0 Å². The number of likely N-dealkylation sites (tertiary alicyclic amines) is 1. The van der Waals surface area contributed by atoms with E-state index in [-0.39, 0.29) is 41.0 Å². The molecule has 0 radical (unpaired) electrons. The second-order valence-electron chi connectivity index (χ2n) is 9.50. The number of aliphatic imine (C=N–C) groups is 1. The van der Waals surface area contributed by atoms with E-state index in [0.717, 1.165) is 56.9 Å². The standard InChI is InChI=1S/C24H40N4O3.HI/c1-8-25-22(28-17-23(2,3)24(28,4)5)26-16-19(27-11-13-31-14-12-27)18-9-10-20(29-6)21(15-18)30-7;/h9-10,15,19H,8,11-14,16-17H2,1-7H3,(H,25,26);1H. The van der Waals surface area contributed by atoms with Crippen LogP contribution in [0.15, 0.2) is 23.2 Å². The van der Waals surface area contributed by atoms with Gasteiger partial charge in [0.25, 0.3) is 0 Å². The summed E-state index contributed by atoms with van der Waals surface area (Å²) in [5.41, 5.74) is 1.50. The summed E-state index contributed by atoms with van der Waals surface area (Å²) in [6.07, 6.45) is 0. The van der Waals surface area contributed by atoms with Crippen LogP contribution in [0.1, 0.15) is 46.2 Å². The third-order valence-electron chi connectivity index (χ3n) is 7.17. The number of rotatable bonds is 7. The van der Waals surface area contributed by atoms with Gasteiger partial charge in [-0.2, -0.15) is 0 Å². The first-order valence-electron chi connectivity index (χ1n) is 11.3. The average molecular weight is 561 g/mol. The molecule has 1 atom stereocenters. The molecule has 8 heteroatoms. The summed E-state index contributed by atoms with van der Waals surface area (Å²) >= 11 is 0. The maximum absolute atomic E-state index is 5.60. The van der Waals surface area contributed by atoms with E-state index in [2.05, 4.69) is 61.9 Å². The van der Waals surface area contributed by atoms with Crippen LogP contribution in [0.5, 0.6) is 11.5 Å². The molecular formula is C24H41IN4O3. The predicted octanol–water partition coefficient (Wildman–Crippen LogP) is 3.78. The third-order valence-corrected chi connectivity index (χ3v) is 7.17. The van der Waals surface area contributed by atoms with Gasteiger partial charge in [-0.3, -0.25) is 9.89 Å². The normalized spacial score (nSPS) is 21.2. The number of benzene rings is 1. The Labute approximate surface area is 210 Å². The van der Waals surface area contributed by atoms with Crippen LogP contribution >= 0.6 is 24.0 Å². The van der Waals surface area contributed by atoms with Gasteiger partial charge < -0.3 is 24.4 Å². The molecule has 1 aromatic carbocycles. The van der Waals surface area contributed by atoms with Crippen molar-refractivity contribution in [1.82, 2.24) is 15.1 Å². The van der Waals surface area contributed by atoms with E-state index in [1.807, 2.05) is 6.07 Å². The molecule has 2 heterocycles. The van der Waals surface area contributed by atoms with E-state index in [4.69, 9.17) is 19.2 Å². The van der Waals surface area contributed by atoms with Gasteiger partial charge in [-0.25, -0.2) is 0 Å². The zero-order valence-corrected chi connectivity index (χ0v) is 23.1. The molecule has 0 aromatic heterocycles. The van der Waals surface area contributed by atoms with Crippen LogP contribution in [0, 0.1) is 5.41 Å². The molecule has 1 unspecified atom stereocenters. The molecule has 0 spiro atoms. The molecular weight excluding hydrogens is 519 g/mol. The van der Waals surface area contributed by atoms with E-state index in [9.17, 15) is 0 Å². The fourth-order valence-corrected chi connectivity index (χ4v) is 4.35. The van der Waals surface area contributed by atoms with Crippen LogP contribution < -0.4 is 14.8 Å². The van der Waals surface area contributed by atoms with Gasteiger partial charge in [0.05, 0.1) is 40.0 Å². The second kappa shape index (κ2) is 11.2. The van der Waals surface area contributed by atoms with Crippen molar-refractivity contribution in [3.05, 3.63) is 23.8 Å². The van der Waals surface area contributed by atoms with E-state index in [1.165, 1.54) is 5.56 Å². The maximum Gasteiger partial charge on any atom is 0.194 e. The highest BCUT2D eigenvalue weighted by Gasteiger charge is 2.53. The first kappa shape index (κ1) is 27.0. The lowest BCUT2D eigenvalue weighted by molar-refractivity contribution is -0.0668. The van der Waals surface area contributed by atoms with Crippen molar-refractivity contribution in [2.75, 3.05) is 60.2 Å². The van der Waals surface area contributed by atoms with Crippen LogP contribution in [0.25, 0.3) is 0 Å². The Hall–Kier alpha value is -1.26. The summed E-state index contributed by atoms with van der Waals surface area (Å²) in [7, 11) is 3.35. The molecule has 3 rings (SSSR count). The number of methoxy groups -OCH3 is 2. The topological polar surface area (TPSA) is 58.6 Å². The zero-order chi connectivity index (χ0) is 22.6. The molecule has 7 nitrogen and oxygen atoms in total. The summed E-state index contributed by atoms with van der Waals surface area (Å²) in [4.78, 5) is 9.99. The fourth-order valence-electron chi connectivity index (χ4n) is 4.35. The van der Waals surface area contributed by atoms with Crippen LogP contribution in [0.3, 0.4) is 0 Å². The van der Waals surface area contributed by atoms with Crippen molar-refractivity contribution < 1.29 is 14.2 Å². The second-order valence-corrected chi connectivity index (χ2v) is 9.50. The smallest absolute Gasteiger partial charge is 0.194 e. The minimum Gasteiger partial charge on any atom is -0.493 e. The van der Waals surface area contributed by atoms with E-state index >= 15 is 0 Å². The van der Waals surface area contributed by atoms with Gasteiger partial charge in [0.1, 0.15) is 0 Å².